The predicted octanol–water partition coefficient (Wildman–Crippen LogP) is 2.90. The number of carboxylic acids is 1. The zero-order valence-electron chi connectivity index (χ0n) is 15.9. The molecule has 3 rings (SSSR count). The van der Waals surface area contributed by atoms with Crippen molar-refractivity contribution < 1.29 is 19.1 Å². The molecule has 0 aliphatic rings. The van der Waals surface area contributed by atoms with Gasteiger partial charge in [0.2, 0.25) is 0 Å². The molecule has 1 aromatic carbocycles. The van der Waals surface area contributed by atoms with E-state index in [1.807, 2.05) is 19.9 Å². The standard InChI is InChI=1S/C19H20FN5O3/c1-11-7-12(2)25(23-11)16-6-5-13(8-15(16)20)17(26)22-14-9-21-24(10-14)19(3,4)18(27)28/h5-10H,1-4H3,(H,22,26)(H,27,28). The Balaban J connectivity index is 1.81. The summed E-state index contributed by atoms with van der Waals surface area (Å²) in [4.78, 5) is 23.7. The summed E-state index contributed by atoms with van der Waals surface area (Å²) in [5, 5.41) is 20.0. The van der Waals surface area contributed by atoms with Gasteiger partial charge in [0.15, 0.2) is 5.54 Å². The van der Waals surface area contributed by atoms with E-state index in [0.717, 1.165) is 17.5 Å². The molecule has 2 aromatic heterocycles. The normalized spacial score (nSPS) is 11.5. The number of aromatic nitrogens is 4. The molecular formula is C19H20FN5O3. The molecule has 0 radical (unpaired) electrons. The molecular weight excluding hydrogens is 365 g/mol. The highest BCUT2D eigenvalue weighted by Crippen LogP contribution is 2.20. The van der Waals surface area contributed by atoms with Crippen LogP contribution >= 0.6 is 0 Å². The lowest BCUT2D eigenvalue weighted by Crippen LogP contribution is -2.35. The second-order valence-corrected chi connectivity index (χ2v) is 7.00. The van der Waals surface area contributed by atoms with Gasteiger partial charge < -0.3 is 10.4 Å². The number of nitrogens with zero attached hydrogens (tertiary/aromatic N) is 4. The summed E-state index contributed by atoms with van der Waals surface area (Å²) < 4.78 is 17.3. The van der Waals surface area contributed by atoms with Gasteiger partial charge in [-0.3, -0.25) is 9.48 Å². The Labute approximate surface area is 160 Å². The SMILES string of the molecule is Cc1cc(C)n(-c2ccc(C(=O)Nc3cnn(C(C)(C)C(=O)O)c3)cc2F)n1. The predicted molar refractivity (Wildman–Crippen MR) is 100 cm³/mol. The Hall–Kier alpha value is -3.49. The summed E-state index contributed by atoms with van der Waals surface area (Å²) in [6, 6.07) is 5.94. The van der Waals surface area contributed by atoms with E-state index in [-0.39, 0.29) is 11.3 Å². The molecule has 9 heteroatoms. The number of rotatable bonds is 5. The van der Waals surface area contributed by atoms with E-state index < -0.39 is 23.2 Å². The molecule has 146 valence electrons. The topological polar surface area (TPSA) is 102 Å². The third kappa shape index (κ3) is 3.51. The van der Waals surface area contributed by atoms with E-state index in [2.05, 4.69) is 15.5 Å². The van der Waals surface area contributed by atoms with E-state index in [0.29, 0.717) is 5.69 Å². The zero-order chi connectivity index (χ0) is 20.6. The van der Waals surface area contributed by atoms with E-state index in [4.69, 9.17) is 0 Å². The van der Waals surface area contributed by atoms with Crippen molar-refractivity contribution in [3.63, 3.8) is 0 Å². The molecule has 28 heavy (non-hydrogen) atoms. The largest absolute Gasteiger partial charge is 0.479 e. The summed E-state index contributed by atoms with van der Waals surface area (Å²) in [7, 11) is 0. The third-order valence-corrected chi connectivity index (χ3v) is 4.38. The van der Waals surface area contributed by atoms with E-state index in [9.17, 15) is 19.1 Å². The summed E-state index contributed by atoms with van der Waals surface area (Å²) in [5.74, 6) is -2.18. The number of nitrogens with one attached hydrogen (secondary N) is 1. The van der Waals surface area contributed by atoms with Crippen LogP contribution in [0.4, 0.5) is 10.1 Å². The van der Waals surface area contributed by atoms with Crippen LogP contribution in [0.3, 0.4) is 0 Å². The van der Waals surface area contributed by atoms with Gasteiger partial charge in [-0.05, 0) is 52.0 Å². The van der Waals surface area contributed by atoms with Crippen molar-refractivity contribution in [1.82, 2.24) is 19.6 Å². The number of aryl methyl sites for hydroxylation is 2. The minimum atomic E-state index is -1.27. The fourth-order valence-corrected chi connectivity index (χ4v) is 2.69. The van der Waals surface area contributed by atoms with E-state index in [1.54, 1.807) is 0 Å². The van der Waals surface area contributed by atoms with Crippen LogP contribution in [0.25, 0.3) is 5.69 Å². The Morgan fingerprint density at radius 1 is 1.21 bits per heavy atom. The number of benzene rings is 1. The molecule has 0 unspecified atom stereocenters. The van der Waals surface area contributed by atoms with Crippen LogP contribution < -0.4 is 5.32 Å². The van der Waals surface area contributed by atoms with Crippen molar-refractivity contribution in [3.8, 4) is 5.69 Å². The average Bonchev–Trinajstić information content (AvgIpc) is 3.21. The molecule has 2 N–H and O–H groups in total. The highest BCUT2D eigenvalue weighted by Gasteiger charge is 2.30. The molecule has 0 bridgehead atoms. The first kappa shape index (κ1) is 19.3. The maximum absolute atomic E-state index is 14.6. The molecule has 0 saturated carbocycles. The monoisotopic (exact) mass is 385 g/mol. The number of amides is 1. The first-order chi connectivity index (χ1) is 13.1. The van der Waals surface area contributed by atoms with Crippen LogP contribution in [0.5, 0.6) is 0 Å². The second kappa shape index (κ2) is 6.91. The lowest BCUT2D eigenvalue weighted by Gasteiger charge is -2.19. The molecule has 0 aliphatic carbocycles. The summed E-state index contributed by atoms with van der Waals surface area (Å²) >= 11 is 0. The van der Waals surface area contributed by atoms with E-state index in [1.165, 1.54) is 47.7 Å². The first-order valence-electron chi connectivity index (χ1n) is 8.52. The average molecular weight is 385 g/mol. The van der Waals surface area contributed by atoms with Gasteiger partial charge in [-0.1, -0.05) is 0 Å². The lowest BCUT2D eigenvalue weighted by molar-refractivity contribution is -0.146. The van der Waals surface area contributed by atoms with Crippen molar-refractivity contribution in [2.24, 2.45) is 0 Å². The van der Waals surface area contributed by atoms with Crippen LogP contribution in [0.2, 0.25) is 0 Å². The Kier molecular flexibility index (Phi) is 4.76. The highest BCUT2D eigenvalue weighted by molar-refractivity contribution is 6.04. The van der Waals surface area contributed by atoms with Crippen LogP contribution in [-0.2, 0) is 10.3 Å². The van der Waals surface area contributed by atoms with Gasteiger partial charge in [0, 0.05) is 17.5 Å². The van der Waals surface area contributed by atoms with Crippen molar-refractivity contribution in [1.29, 1.82) is 0 Å². The summed E-state index contributed by atoms with van der Waals surface area (Å²) in [6.45, 7) is 6.60. The smallest absolute Gasteiger partial charge is 0.331 e. The van der Waals surface area contributed by atoms with E-state index >= 15 is 0 Å². The Morgan fingerprint density at radius 3 is 2.50 bits per heavy atom. The van der Waals surface area contributed by atoms with Gasteiger partial charge >= 0.3 is 5.97 Å². The Bertz CT molecular complexity index is 1070. The molecule has 1 amide bonds. The lowest BCUT2D eigenvalue weighted by atomic mass is 10.1. The molecule has 2 heterocycles. The van der Waals surface area contributed by atoms with Crippen LogP contribution in [0, 0.1) is 19.7 Å². The number of carboxylic acid groups (broad SMARTS) is 1. The van der Waals surface area contributed by atoms with Crippen molar-refractivity contribution in [2.75, 3.05) is 5.32 Å². The Morgan fingerprint density at radius 2 is 1.93 bits per heavy atom. The third-order valence-electron chi connectivity index (χ3n) is 4.38. The van der Waals surface area contributed by atoms with Gasteiger partial charge in [0.1, 0.15) is 11.5 Å². The van der Waals surface area contributed by atoms with Crippen LogP contribution in [0.1, 0.15) is 35.6 Å². The number of hydrogen-bond donors (Lipinski definition) is 2. The molecule has 0 saturated heterocycles. The van der Waals surface area contributed by atoms with Crippen LogP contribution in [-0.4, -0.2) is 36.5 Å². The fraction of sp³-hybridized carbons (Fsp3) is 0.263. The van der Waals surface area contributed by atoms with Gasteiger partial charge in [-0.2, -0.15) is 10.2 Å². The number of carbonyl (C=O) groups is 2. The molecule has 8 nitrogen and oxygen atoms in total. The maximum Gasteiger partial charge on any atom is 0.331 e. The highest BCUT2D eigenvalue weighted by atomic mass is 19.1. The van der Waals surface area contributed by atoms with Gasteiger partial charge in [-0.15, -0.1) is 0 Å². The number of anilines is 1. The minimum absolute atomic E-state index is 0.119. The van der Waals surface area contributed by atoms with Crippen molar-refractivity contribution in [3.05, 3.63) is 59.4 Å². The first-order valence-corrected chi connectivity index (χ1v) is 8.52. The quantitative estimate of drug-likeness (QED) is 0.703. The van der Waals surface area contributed by atoms with Gasteiger partial charge in [0.25, 0.3) is 5.91 Å². The van der Waals surface area contributed by atoms with Crippen molar-refractivity contribution in [2.45, 2.75) is 33.2 Å². The summed E-state index contributed by atoms with van der Waals surface area (Å²) in [6.07, 6.45) is 2.75. The molecule has 0 spiro atoms. The number of aliphatic carboxylic acids is 1. The number of halogens is 1. The van der Waals surface area contributed by atoms with Crippen molar-refractivity contribution >= 4 is 17.6 Å². The number of carbonyl (C=O) groups excluding carboxylic acids is 1. The molecule has 3 aromatic rings. The minimum Gasteiger partial charge on any atom is -0.479 e. The second-order valence-electron chi connectivity index (χ2n) is 7.00. The van der Waals surface area contributed by atoms with Gasteiger partial charge in [0.05, 0.1) is 17.6 Å². The zero-order valence-corrected chi connectivity index (χ0v) is 15.9. The maximum atomic E-state index is 14.6. The molecule has 0 atom stereocenters. The van der Waals surface area contributed by atoms with Crippen LogP contribution in [0.15, 0.2) is 36.7 Å². The number of hydrogen-bond acceptors (Lipinski definition) is 4. The summed E-state index contributed by atoms with van der Waals surface area (Å²) in [5.41, 5.74) is 0.951. The fourth-order valence-electron chi connectivity index (χ4n) is 2.69. The molecule has 0 fully saturated rings. The van der Waals surface area contributed by atoms with Gasteiger partial charge in [-0.25, -0.2) is 13.9 Å². The molecule has 0 aliphatic heterocycles.